The van der Waals surface area contributed by atoms with Gasteiger partial charge < -0.3 is 15.2 Å². The van der Waals surface area contributed by atoms with Crippen LogP contribution in [0, 0.1) is 5.92 Å². The van der Waals surface area contributed by atoms with Crippen molar-refractivity contribution in [2.75, 3.05) is 19.8 Å². The lowest BCUT2D eigenvalue weighted by Crippen LogP contribution is -2.46. The molecule has 1 aromatic rings. The summed E-state index contributed by atoms with van der Waals surface area (Å²) < 4.78 is 11.5. The number of nitrogens with two attached hydrogens (primary N) is 1. The van der Waals surface area contributed by atoms with E-state index in [4.69, 9.17) is 15.2 Å². The van der Waals surface area contributed by atoms with Crippen molar-refractivity contribution in [1.82, 2.24) is 4.98 Å². The number of ether oxygens (including phenoxy) is 2. The lowest BCUT2D eigenvalue weighted by atomic mass is 9.80. The van der Waals surface area contributed by atoms with Crippen molar-refractivity contribution in [3.05, 3.63) is 30.1 Å². The summed E-state index contributed by atoms with van der Waals surface area (Å²) in [5, 5.41) is 0. The van der Waals surface area contributed by atoms with Crippen molar-refractivity contribution in [3.8, 4) is 0 Å². The summed E-state index contributed by atoms with van der Waals surface area (Å²) in [6.07, 6.45) is 7.72. The zero-order chi connectivity index (χ0) is 13.1. The molecule has 3 unspecified atom stereocenters. The van der Waals surface area contributed by atoms with E-state index in [1.807, 2.05) is 12.3 Å². The number of nitrogens with zero attached hydrogens (tertiary/aromatic N) is 1. The van der Waals surface area contributed by atoms with E-state index in [1.165, 1.54) is 5.56 Å². The highest BCUT2D eigenvalue weighted by molar-refractivity contribution is 5.10. The summed E-state index contributed by atoms with van der Waals surface area (Å²) in [7, 11) is 0. The van der Waals surface area contributed by atoms with E-state index in [1.54, 1.807) is 6.20 Å². The van der Waals surface area contributed by atoms with Crippen LogP contribution in [0.4, 0.5) is 0 Å². The van der Waals surface area contributed by atoms with Gasteiger partial charge in [-0.25, -0.2) is 0 Å². The van der Waals surface area contributed by atoms with Gasteiger partial charge in [-0.2, -0.15) is 0 Å². The molecular formula is C15H22N2O2. The second-order valence-electron chi connectivity index (χ2n) is 5.82. The highest BCUT2D eigenvalue weighted by atomic mass is 16.6. The molecule has 3 rings (SSSR count). The van der Waals surface area contributed by atoms with Crippen LogP contribution in [0.3, 0.4) is 0 Å². The predicted octanol–water partition coefficient (Wildman–Crippen LogP) is 1.54. The van der Waals surface area contributed by atoms with Gasteiger partial charge in [-0.1, -0.05) is 6.07 Å². The zero-order valence-corrected chi connectivity index (χ0v) is 11.3. The first-order valence-electron chi connectivity index (χ1n) is 7.14. The van der Waals surface area contributed by atoms with Crippen molar-refractivity contribution < 1.29 is 9.47 Å². The first kappa shape index (κ1) is 13.0. The molecule has 3 atom stereocenters. The van der Waals surface area contributed by atoms with Crippen LogP contribution in [-0.4, -0.2) is 36.4 Å². The SMILES string of the molecule is NC(Cc1cccnc1)C1CCOC2(CCOC2)C1. The van der Waals surface area contributed by atoms with Gasteiger partial charge >= 0.3 is 0 Å². The Hall–Kier alpha value is -0.970. The van der Waals surface area contributed by atoms with Crippen LogP contribution >= 0.6 is 0 Å². The van der Waals surface area contributed by atoms with Crippen molar-refractivity contribution in [1.29, 1.82) is 0 Å². The largest absolute Gasteiger partial charge is 0.378 e. The Morgan fingerprint density at radius 2 is 2.42 bits per heavy atom. The molecule has 2 saturated heterocycles. The van der Waals surface area contributed by atoms with Gasteiger partial charge in [0.25, 0.3) is 0 Å². The first-order chi connectivity index (χ1) is 9.27. The number of hydrogen-bond donors (Lipinski definition) is 1. The quantitative estimate of drug-likeness (QED) is 0.897. The fourth-order valence-electron chi connectivity index (χ4n) is 3.25. The third-order valence-electron chi connectivity index (χ3n) is 4.40. The summed E-state index contributed by atoms with van der Waals surface area (Å²) in [6, 6.07) is 4.25. The molecule has 3 heterocycles. The van der Waals surface area contributed by atoms with Gasteiger partial charge in [-0.3, -0.25) is 4.98 Å². The van der Waals surface area contributed by atoms with Gasteiger partial charge in [0.15, 0.2) is 0 Å². The molecule has 2 aliphatic heterocycles. The van der Waals surface area contributed by atoms with E-state index in [0.717, 1.165) is 45.5 Å². The minimum absolute atomic E-state index is 0.0462. The molecule has 1 aromatic heterocycles. The Kier molecular flexibility index (Phi) is 3.82. The third kappa shape index (κ3) is 2.96. The molecule has 0 radical (unpaired) electrons. The number of hydrogen-bond acceptors (Lipinski definition) is 4. The molecule has 2 fully saturated rings. The molecule has 4 nitrogen and oxygen atoms in total. The summed E-state index contributed by atoms with van der Waals surface area (Å²) in [5.41, 5.74) is 7.58. The average molecular weight is 262 g/mol. The van der Waals surface area contributed by atoms with Crippen LogP contribution in [0.25, 0.3) is 0 Å². The lowest BCUT2D eigenvalue weighted by Gasteiger charge is -2.39. The first-order valence-corrected chi connectivity index (χ1v) is 7.14. The summed E-state index contributed by atoms with van der Waals surface area (Å²) in [6.45, 7) is 2.38. The monoisotopic (exact) mass is 262 g/mol. The molecule has 19 heavy (non-hydrogen) atoms. The summed E-state index contributed by atoms with van der Waals surface area (Å²) in [5.74, 6) is 0.524. The predicted molar refractivity (Wildman–Crippen MR) is 72.8 cm³/mol. The van der Waals surface area contributed by atoms with Gasteiger partial charge in [-0.05, 0) is 36.8 Å². The highest BCUT2D eigenvalue weighted by Gasteiger charge is 2.42. The van der Waals surface area contributed by atoms with E-state index < -0.39 is 0 Å². The Morgan fingerprint density at radius 1 is 1.47 bits per heavy atom. The van der Waals surface area contributed by atoms with E-state index in [-0.39, 0.29) is 11.6 Å². The van der Waals surface area contributed by atoms with Crippen molar-refractivity contribution in [3.63, 3.8) is 0 Å². The van der Waals surface area contributed by atoms with Crippen LogP contribution < -0.4 is 5.73 Å². The van der Waals surface area contributed by atoms with E-state index in [2.05, 4.69) is 11.1 Å². The average Bonchev–Trinajstić information content (AvgIpc) is 2.88. The molecule has 0 aliphatic carbocycles. The van der Waals surface area contributed by atoms with Crippen LogP contribution in [0.5, 0.6) is 0 Å². The fraction of sp³-hybridized carbons (Fsp3) is 0.667. The highest BCUT2D eigenvalue weighted by Crippen LogP contribution is 2.37. The molecule has 0 bridgehead atoms. The van der Waals surface area contributed by atoms with Crippen LogP contribution in [0.15, 0.2) is 24.5 Å². The minimum Gasteiger partial charge on any atom is -0.378 e. The molecule has 2 aliphatic rings. The van der Waals surface area contributed by atoms with Crippen molar-refractivity contribution in [2.45, 2.75) is 37.3 Å². The van der Waals surface area contributed by atoms with Gasteiger partial charge in [0.2, 0.25) is 0 Å². The molecule has 0 aromatic carbocycles. The minimum atomic E-state index is -0.0462. The fourth-order valence-corrected chi connectivity index (χ4v) is 3.25. The number of rotatable bonds is 3. The molecule has 104 valence electrons. The Balaban J connectivity index is 1.61. The number of aromatic nitrogens is 1. The van der Waals surface area contributed by atoms with Gasteiger partial charge in [0, 0.05) is 38.1 Å². The second-order valence-corrected chi connectivity index (χ2v) is 5.82. The maximum Gasteiger partial charge on any atom is 0.0939 e. The Labute approximate surface area is 114 Å². The van der Waals surface area contributed by atoms with E-state index >= 15 is 0 Å². The third-order valence-corrected chi connectivity index (χ3v) is 4.40. The van der Waals surface area contributed by atoms with Gasteiger partial charge in [0.1, 0.15) is 0 Å². The molecule has 0 saturated carbocycles. The molecule has 0 amide bonds. The summed E-state index contributed by atoms with van der Waals surface area (Å²) >= 11 is 0. The van der Waals surface area contributed by atoms with E-state index in [0.29, 0.717) is 5.92 Å². The molecule has 2 N–H and O–H groups in total. The van der Waals surface area contributed by atoms with Crippen LogP contribution in [0.1, 0.15) is 24.8 Å². The Morgan fingerprint density at radius 3 is 3.16 bits per heavy atom. The lowest BCUT2D eigenvalue weighted by molar-refractivity contribution is -0.101. The van der Waals surface area contributed by atoms with E-state index in [9.17, 15) is 0 Å². The molecule has 1 spiro atoms. The van der Waals surface area contributed by atoms with Crippen molar-refractivity contribution in [2.24, 2.45) is 11.7 Å². The Bertz CT molecular complexity index is 404. The topological polar surface area (TPSA) is 57.4 Å². The normalized spacial score (nSPS) is 32.6. The smallest absolute Gasteiger partial charge is 0.0939 e. The van der Waals surface area contributed by atoms with Gasteiger partial charge in [-0.15, -0.1) is 0 Å². The maximum absolute atomic E-state index is 6.41. The zero-order valence-electron chi connectivity index (χ0n) is 11.3. The second kappa shape index (κ2) is 5.57. The molecular weight excluding hydrogens is 240 g/mol. The van der Waals surface area contributed by atoms with Gasteiger partial charge in [0.05, 0.1) is 12.2 Å². The number of pyridine rings is 1. The summed E-state index contributed by atoms with van der Waals surface area (Å²) in [4.78, 5) is 4.15. The maximum atomic E-state index is 6.41. The standard InChI is InChI=1S/C15H22N2O2/c16-14(8-12-2-1-5-17-10-12)13-3-6-19-15(9-13)4-7-18-11-15/h1-2,5,10,13-14H,3-4,6-9,11,16H2. The van der Waals surface area contributed by atoms with Crippen LogP contribution in [0.2, 0.25) is 0 Å². The van der Waals surface area contributed by atoms with Crippen molar-refractivity contribution >= 4 is 0 Å². The molecule has 4 heteroatoms. The van der Waals surface area contributed by atoms with Crippen LogP contribution in [-0.2, 0) is 15.9 Å².